The van der Waals surface area contributed by atoms with Crippen LogP contribution in [-0.2, 0) is 0 Å². The van der Waals surface area contributed by atoms with Gasteiger partial charge >= 0.3 is 0 Å². The minimum Gasteiger partial charge on any atom is -0.366 e. The number of rotatable bonds is 2. The van der Waals surface area contributed by atoms with Gasteiger partial charge in [-0.15, -0.1) is 0 Å². The number of hydrogen-bond acceptors (Lipinski definition) is 4. The maximum Gasteiger partial charge on any atom is 0.271 e. The Morgan fingerprint density at radius 2 is 2.41 bits per heavy atom. The first-order valence-corrected chi connectivity index (χ1v) is 6.14. The van der Waals surface area contributed by atoms with Gasteiger partial charge in [0.2, 0.25) is 0 Å². The Morgan fingerprint density at radius 3 is 3.12 bits per heavy atom. The van der Waals surface area contributed by atoms with Crippen LogP contribution in [0.1, 0.15) is 13.3 Å². The summed E-state index contributed by atoms with van der Waals surface area (Å²) >= 11 is 5.91. The topological polar surface area (TPSA) is 61.0 Å². The zero-order valence-corrected chi connectivity index (χ0v) is 10.8. The lowest BCUT2D eigenvalue weighted by molar-refractivity contribution is 0.206. The van der Waals surface area contributed by atoms with Gasteiger partial charge in [-0.1, -0.05) is 18.5 Å². The van der Waals surface area contributed by atoms with Crippen molar-refractivity contribution in [3.05, 3.63) is 21.7 Å². The zero-order valence-electron chi connectivity index (χ0n) is 10.0. The van der Waals surface area contributed by atoms with Gasteiger partial charge in [-0.2, -0.15) is 0 Å². The van der Waals surface area contributed by atoms with Crippen LogP contribution < -0.4 is 10.9 Å². The third kappa shape index (κ3) is 2.79. The van der Waals surface area contributed by atoms with Gasteiger partial charge in [-0.25, -0.2) is 4.98 Å². The second kappa shape index (κ2) is 5.06. The van der Waals surface area contributed by atoms with Crippen molar-refractivity contribution in [3.8, 4) is 0 Å². The summed E-state index contributed by atoms with van der Waals surface area (Å²) in [5.74, 6) is 0.989. The molecule has 6 heteroatoms. The Hall–Kier alpha value is -1.07. The van der Waals surface area contributed by atoms with Crippen LogP contribution in [0.25, 0.3) is 0 Å². The fourth-order valence-electron chi connectivity index (χ4n) is 2.23. The maximum absolute atomic E-state index is 11.3. The molecule has 5 nitrogen and oxygen atoms in total. The lowest BCUT2D eigenvalue weighted by atomic mass is 9.94. The predicted octanol–water partition coefficient (Wildman–Crippen LogP) is 1.18. The van der Waals surface area contributed by atoms with E-state index in [1.165, 1.54) is 6.33 Å². The lowest BCUT2D eigenvalue weighted by Gasteiger charge is -2.35. The molecule has 0 saturated carbocycles. The van der Waals surface area contributed by atoms with E-state index in [9.17, 15) is 4.79 Å². The van der Waals surface area contributed by atoms with Crippen molar-refractivity contribution in [1.82, 2.24) is 14.9 Å². The van der Waals surface area contributed by atoms with Crippen LogP contribution in [0.15, 0.2) is 11.1 Å². The molecule has 1 saturated heterocycles. The summed E-state index contributed by atoms with van der Waals surface area (Å²) in [4.78, 5) is 20.2. The Balaban J connectivity index is 2.10. The molecular formula is C11H17ClN4O. The summed E-state index contributed by atoms with van der Waals surface area (Å²) in [5, 5.41) is 3.41. The Bertz CT molecular complexity index is 447. The van der Waals surface area contributed by atoms with Crippen molar-refractivity contribution in [2.24, 2.45) is 5.92 Å². The molecule has 1 aliphatic heterocycles. The Morgan fingerprint density at radius 1 is 1.65 bits per heavy atom. The summed E-state index contributed by atoms with van der Waals surface area (Å²) in [6.45, 7) is 4.27. The zero-order chi connectivity index (χ0) is 12.4. The Kier molecular flexibility index (Phi) is 3.69. The molecule has 0 amide bonds. The van der Waals surface area contributed by atoms with Gasteiger partial charge in [-0.05, 0) is 25.9 Å². The molecule has 94 valence electrons. The van der Waals surface area contributed by atoms with Gasteiger partial charge in [0.15, 0.2) is 5.82 Å². The summed E-state index contributed by atoms with van der Waals surface area (Å²) in [6, 6.07) is 0.318. The van der Waals surface area contributed by atoms with Crippen molar-refractivity contribution in [3.63, 3.8) is 0 Å². The molecule has 0 bridgehead atoms. The number of hydrogen-bond donors (Lipinski definition) is 2. The van der Waals surface area contributed by atoms with Gasteiger partial charge in [0, 0.05) is 12.6 Å². The smallest absolute Gasteiger partial charge is 0.271 e. The van der Waals surface area contributed by atoms with Crippen molar-refractivity contribution >= 4 is 17.4 Å². The van der Waals surface area contributed by atoms with Crippen LogP contribution in [-0.4, -0.2) is 41.0 Å². The number of likely N-dealkylation sites (tertiary alicyclic amines) is 1. The van der Waals surface area contributed by atoms with E-state index in [-0.39, 0.29) is 10.6 Å². The van der Waals surface area contributed by atoms with E-state index in [4.69, 9.17) is 11.6 Å². The standard InChI is InChI=1S/C11H17ClN4O/c1-7-5-16(2)4-3-8(7)15-10-9(12)11(17)14-6-13-10/h6-8H,3-5H2,1-2H3,(H2,13,14,15,17). The highest BCUT2D eigenvalue weighted by molar-refractivity contribution is 6.32. The van der Waals surface area contributed by atoms with Crippen molar-refractivity contribution in [2.75, 3.05) is 25.5 Å². The molecule has 0 aromatic carbocycles. The molecule has 17 heavy (non-hydrogen) atoms. The van der Waals surface area contributed by atoms with E-state index >= 15 is 0 Å². The van der Waals surface area contributed by atoms with E-state index in [2.05, 4.69) is 34.2 Å². The first kappa shape index (κ1) is 12.4. The van der Waals surface area contributed by atoms with E-state index in [1.807, 2.05) is 0 Å². The molecule has 2 unspecified atom stereocenters. The average Bonchev–Trinajstić information content (AvgIpc) is 2.28. The molecule has 2 heterocycles. The summed E-state index contributed by atoms with van der Waals surface area (Å²) in [7, 11) is 2.12. The lowest BCUT2D eigenvalue weighted by Crippen LogP contribution is -2.43. The normalized spacial score (nSPS) is 25.8. The fourth-order valence-corrected chi connectivity index (χ4v) is 2.39. The second-order valence-corrected chi connectivity index (χ2v) is 5.05. The van der Waals surface area contributed by atoms with Crippen molar-refractivity contribution in [2.45, 2.75) is 19.4 Å². The van der Waals surface area contributed by atoms with Crippen molar-refractivity contribution in [1.29, 1.82) is 0 Å². The summed E-state index contributed by atoms with van der Waals surface area (Å²) < 4.78 is 0. The van der Waals surface area contributed by atoms with E-state index in [0.717, 1.165) is 19.5 Å². The molecule has 1 fully saturated rings. The molecule has 2 N–H and O–H groups in total. The van der Waals surface area contributed by atoms with E-state index in [1.54, 1.807) is 0 Å². The minimum absolute atomic E-state index is 0.138. The molecule has 0 spiro atoms. The van der Waals surface area contributed by atoms with Crippen LogP contribution in [0, 0.1) is 5.92 Å². The first-order valence-electron chi connectivity index (χ1n) is 5.76. The van der Waals surface area contributed by atoms with Crippen LogP contribution in [0.5, 0.6) is 0 Å². The Labute approximate surface area is 105 Å². The average molecular weight is 257 g/mol. The van der Waals surface area contributed by atoms with E-state index < -0.39 is 0 Å². The highest BCUT2D eigenvalue weighted by Gasteiger charge is 2.25. The predicted molar refractivity (Wildman–Crippen MR) is 68.6 cm³/mol. The van der Waals surface area contributed by atoms with Crippen LogP contribution in [0.4, 0.5) is 5.82 Å². The largest absolute Gasteiger partial charge is 0.366 e. The molecule has 0 aliphatic carbocycles. The highest BCUT2D eigenvalue weighted by atomic mass is 35.5. The number of piperidine rings is 1. The van der Waals surface area contributed by atoms with Gasteiger partial charge in [0.25, 0.3) is 5.56 Å². The molecule has 1 aliphatic rings. The van der Waals surface area contributed by atoms with Crippen LogP contribution in [0.3, 0.4) is 0 Å². The highest BCUT2D eigenvalue weighted by Crippen LogP contribution is 2.21. The molecule has 0 radical (unpaired) electrons. The van der Waals surface area contributed by atoms with Crippen LogP contribution in [0.2, 0.25) is 5.02 Å². The quantitative estimate of drug-likeness (QED) is 0.834. The molecule has 1 aromatic heterocycles. The third-order valence-corrected chi connectivity index (χ3v) is 3.58. The number of nitrogens with one attached hydrogen (secondary N) is 2. The number of anilines is 1. The van der Waals surface area contributed by atoms with Gasteiger partial charge < -0.3 is 15.2 Å². The minimum atomic E-state index is -0.301. The fraction of sp³-hybridized carbons (Fsp3) is 0.636. The summed E-state index contributed by atoms with van der Waals surface area (Å²) in [6.07, 6.45) is 2.40. The first-order chi connectivity index (χ1) is 8.08. The molecule has 2 rings (SSSR count). The number of H-pyrrole nitrogens is 1. The van der Waals surface area contributed by atoms with E-state index in [0.29, 0.717) is 17.8 Å². The second-order valence-electron chi connectivity index (χ2n) is 4.67. The molecule has 1 aromatic rings. The molecule has 2 atom stereocenters. The molecular weight excluding hydrogens is 240 g/mol. The van der Waals surface area contributed by atoms with Crippen LogP contribution >= 0.6 is 11.6 Å². The number of nitrogens with zero attached hydrogens (tertiary/aromatic N) is 2. The monoisotopic (exact) mass is 256 g/mol. The van der Waals surface area contributed by atoms with Gasteiger partial charge in [0.1, 0.15) is 5.02 Å². The SMILES string of the molecule is CC1CN(C)CCC1Nc1nc[nH]c(=O)c1Cl. The number of halogens is 1. The van der Waals surface area contributed by atoms with Gasteiger partial charge in [0.05, 0.1) is 6.33 Å². The van der Waals surface area contributed by atoms with Gasteiger partial charge in [-0.3, -0.25) is 4.79 Å². The number of aromatic amines is 1. The third-order valence-electron chi connectivity index (χ3n) is 3.23. The summed E-state index contributed by atoms with van der Waals surface area (Å²) in [5.41, 5.74) is -0.301. The number of aromatic nitrogens is 2. The van der Waals surface area contributed by atoms with Crippen molar-refractivity contribution < 1.29 is 0 Å². The maximum atomic E-state index is 11.3.